The molecule has 1 aromatic carbocycles. The van der Waals surface area contributed by atoms with Crippen LogP contribution >= 0.6 is 0 Å². The molecule has 0 amide bonds. The highest BCUT2D eigenvalue weighted by Gasteiger charge is 2.24. The molecule has 0 saturated carbocycles. The van der Waals surface area contributed by atoms with E-state index in [0.717, 1.165) is 5.56 Å². The monoisotopic (exact) mass is 308 g/mol. The molecule has 1 unspecified atom stereocenters. The Bertz CT molecular complexity index is 630. The van der Waals surface area contributed by atoms with E-state index >= 15 is 0 Å². The van der Waals surface area contributed by atoms with Crippen LogP contribution in [0.3, 0.4) is 0 Å². The van der Waals surface area contributed by atoms with E-state index in [-0.39, 0.29) is 11.7 Å². The molecule has 0 aliphatic rings. The first-order valence-corrected chi connectivity index (χ1v) is 6.78. The van der Waals surface area contributed by atoms with E-state index in [1.807, 2.05) is 30.3 Å². The van der Waals surface area contributed by atoms with Crippen molar-refractivity contribution in [3.63, 3.8) is 0 Å². The Labute approximate surface area is 126 Å². The lowest BCUT2D eigenvalue weighted by atomic mass is 10.1. The summed E-state index contributed by atoms with van der Waals surface area (Å²) in [7, 11) is 0. The number of esters is 1. The predicted octanol–water partition coefficient (Wildman–Crippen LogP) is 1.14. The SMILES string of the molecule is C[C@H](c1ccccc1)n1cnc(F)c1C(=O)OCC(O)CO. The Morgan fingerprint density at radius 1 is 1.41 bits per heavy atom. The summed E-state index contributed by atoms with van der Waals surface area (Å²) < 4.78 is 20.0. The van der Waals surface area contributed by atoms with Crippen LogP contribution < -0.4 is 0 Å². The van der Waals surface area contributed by atoms with Crippen LogP contribution in [0.2, 0.25) is 0 Å². The summed E-state index contributed by atoms with van der Waals surface area (Å²) in [6.07, 6.45) is 0.0291. The maximum atomic E-state index is 13.8. The van der Waals surface area contributed by atoms with Gasteiger partial charge in [0.1, 0.15) is 12.7 Å². The maximum Gasteiger partial charge on any atom is 0.359 e. The van der Waals surface area contributed by atoms with Crippen LogP contribution in [-0.4, -0.2) is 45.1 Å². The summed E-state index contributed by atoms with van der Waals surface area (Å²) in [5, 5.41) is 17.9. The van der Waals surface area contributed by atoms with Crippen LogP contribution in [0.25, 0.3) is 0 Å². The van der Waals surface area contributed by atoms with Crippen LogP contribution in [0, 0.1) is 5.95 Å². The highest BCUT2D eigenvalue weighted by molar-refractivity contribution is 5.87. The second-order valence-electron chi connectivity index (χ2n) is 4.81. The summed E-state index contributed by atoms with van der Waals surface area (Å²) in [6, 6.07) is 8.93. The van der Waals surface area contributed by atoms with Gasteiger partial charge >= 0.3 is 5.97 Å². The number of hydrogen-bond donors (Lipinski definition) is 2. The van der Waals surface area contributed by atoms with E-state index < -0.39 is 31.2 Å². The predicted molar refractivity (Wildman–Crippen MR) is 75.8 cm³/mol. The molecule has 0 aliphatic carbocycles. The number of benzene rings is 1. The molecular weight excluding hydrogens is 291 g/mol. The third-order valence-electron chi connectivity index (χ3n) is 3.26. The fourth-order valence-electron chi connectivity index (χ4n) is 2.01. The number of nitrogens with zero attached hydrogens (tertiary/aromatic N) is 2. The average molecular weight is 308 g/mol. The first-order chi connectivity index (χ1) is 10.5. The lowest BCUT2D eigenvalue weighted by molar-refractivity contribution is 0.00808. The van der Waals surface area contributed by atoms with Gasteiger partial charge in [0, 0.05) is 0 Å². The van der Waals surface area contributed by atoms with Crippen molar-refractivity contribution in [3.8, 4) is 0 Å². The second-order valence-corrected chi connectivity index (χ2v) is 4.81. The zero-order valence-electron chi connectivity index (χ0n) is 12.0. The average Bonchev–Trinajstić information content (AvgIpc) is 2.94. The van der Waals surface area contributed by atoms with Gasteiger partial charge in [-0.3, -0.25) is 0 Å². The standard InChI is InChI=1S/C15H17FN2O4/c1-10(11-5-3-2-4-6-11)18-9-17-14(16)13(18)15(21)22-8-12(20)7-19/h2-6,9-10,12,19-20H,7-8H2,1H3/t10-,12?/m1/s1. The highest BCUT2D eigenvalue weighted by atomic mass is 19.1. The first-order valence-electron chi connectivity index (χ1n) is 6.78. The lowest BCUT2D eigenvalue weighted by Crippen LogP contribution is -2.24. The Morgan fingerprint density at radius 3 is 2.73 bits per heavy atom. The van der Waals surface area contributed by atoms with Crippen molar-refractivity contribution in [2.24, 2.45) is 0 Å². The van der Waals surface area contributed by atoms with E-state index in [0.29, 0.717) is 0 Å². The molecule has 1 aromatic heterocycles. The molecule has 2 atom stereocenters. The van der Waals surface area contributed by atoms with Crippen molar-refractivity contribution in [3.05, 3.63) is 53.9 Å². The highest BCUT2D eigenvalue weighted by Crippen LogP contribution is 2.21. The third kappa shape index (κ3) is 3.49. The number of aliphatic hydroxyl groups excluding tert-OH is 2. The molecule has 0 radical (unpaired) electrons. The van der Waals surface area contributed by atoms with Crippen LogP contribution in [0.1, 0.15) is 29.0 Å². The van der Waals surface area contributed by atoms with Crippen LogP contribution in [0.5, 0.6) is 0 Å². The lowest BCUT2D eigenvalue weighted by Gasteiger charge is -2.16. The van der Waals surface area contributed by atoms with Gasteiger partial charge in [-0.2, -0.15) is 4.39 Å². The molecule has 0 aliphatic heterocycles. The quantitative estimate of drug-likeness (QED) is 0.782. The fraction of sp³-hybridized carbons (Fsp3) is 0.333. The zero-order valence-corrected chi connectivity index (χ0v) is 12.0. The third-order valence-corrected chi connectivity index (χ3v) is 3.26. The zero-order chi connectivity index (χ0) is 16.1. The smallest absolute Gasteiger partial charge is 0.359 e. The minimum atomic E-state index is -1.20. The largest absolute Gasteiger partial charge is 0.458 e. The van der Waals surface area contributed by atoms with Crippen molar-refractivity contribution in [1.82, 2.24) is 9.55 Å². The van der Waals surface area contributed by atoms with Gasteiger partial charge in [-0.05, 0) is 12.5 Å². The minimum Gasteiger partial charge on any atom is -0.458 e. The molecule has 0 fully saturated rings. The van der Waals surface area contributed by atoms with Crippen molar-refractivity contribution < 1.29 is 24.1 Å². The van der Waals surface area contributed by atoms with Crippen LogP contribution in [-0.2, 0) is 4.74 Å². The summed E-state index contributed by atoms with van der Waals surface area (Å²) in [5.41, 5.74) is 0.561. The molecule has 1 heterocycles. The van der Waals surface area contributed by atoms with Gasteiger partial charge < -0.3 is 19.5 Å². The van der Waals surface area contributed by atoms with Gasteiger partial charge in [-0.15, -0.1) is 0 Å². The van der Waals surface area contributed by atoms with Crippen molar-refractivity contribution >= 4 is 5.97 Å². The van der Waals surface area contributed by atoms with E-state index in [4.69, 9.17) is 9.84 Å². The van der Waals surface area contributed by atoms with Gasteiger partial charge in [0.2, 0.25) is 5.95 Å². The van der Waals surface area contributed by atoms with Crippen molar-refractivity contribution in [2.75, 3.05) is 13.2 Å². The number of aliphatic hydroxyl groups is 2. The van der Waals surface area contributed by atoms with E-state index in [2.05, 4.69) is 4.98 Å². The molecule has 2 N–H and O–H groups in total. The van der Waals surface area contributed by atoms with Crippen molar-refractivity contribution in [1.29, 1.82) is 0 Å². The number of carbonyl (C=O) groups is 1. The number of ether oxygens (including phenoxy) is 1. The molecule has 0 saturated heterocycles. The normalized spacial score (nSPS) is 13.6. The number of aromatic nitrogens is 2. The fourth-order valence-corrected chi connectivity index (χ4v) is 2.01. The summed E-state index contributed by atoms with van der Waals surface area (Å²) in [6.45, 7) is 0.838. The molecule has 0 spiro atoms. The Morgan fingerprint density at radius 2 is 2.09 bits per heavy atom. The van der Waals surface area contributed by atoms with E-state index in [1.54, 1.807) is 6.92 Å². The van der Waals surface area contributed by atoms with Gasteiger partial charge in [0.15, 0.2) is 5.69 Å². The van der Waals surface area contributed by atoms with Gasteiger partial charge in [-0.25, -0.2) is 9.78 Å². The molecule has 0 bridgehead atoms. The van der Waals surface area contributed by atoms with Crippen molar-refractivity contribution in [2.45, 2.75) is 19.1 Å². The number of carbonyl (C=O) groups excluding carboxylic acids is 1. The minimum absolute atomic E-state index is 0.316. The topological polar surface area (TPSA) is 84.6 Å². The van der Waals surface area contributed by atoms with Crippen LogP contribution in [0.15, 0.2) is 36.7 Å². The summed E-state index contributed by atoms with van der Waals surface area (Å²) in [5.74, 6) is -1.88. The summed E-state index contributed by atoms with van der Waals surface area (Å²) >= 11 is 0. The molecule has 2 aromatic rings. The maximum absolute atomic E-state index is 13.8. The van der Waals surface area contributed by atoms with Gasteiger partial charge in [0.25, 0.3) is 0 Å². The Balaban J connectivity index is 2.22. The van der Waals surface area contributed by atoms with E-state index in [1.165, 1.54) is 10.9 Å². The number of rotatable bonds is 6. The number of halogens is 1. The number of imidazole rings is 1. The van der Waals surface area contributed by atoms with E-state index in [9.17, 15) is 14.3 Å². The van der Waals surface area contributed by atoms with Crippen LogP contribution in [0.4, 0.5) is 4.39 Å². The first kappa shape index (κ1) is 16.1. The molecule has 22 heavy (non-hydrogen) atoms. The molecular formula is C15H17FN2O4. The molecule has 118 valence electrons. The van der Waals surface area contributed by atoms with Gasteiger partial charge in [-0.1, -0.05) is 30.3 Å². The van der Waals surface area contributed by atoms with Gasteiger partial charge in [0.05, 0.1) is 19.0 Å². The number of hydrogen-bond acceptors (Lipinski definition) is 5. The Hall–Kier alpha value is -2.25. The Kier molecular flexibility index (Phi) is 5.24. The summed E-state index contributed by atoms with van der Waals surface area (Å²) in [4.78, 5) is 15.5. The molecule has 6 nitrogen and oxygen atoms in total. The second kappa shape index (κ2) is 7.15. The molecule has 2 rings (SSSR count). The molecule has 7 heteroatoms.